The highest BCUT2D eigenvalue weighted by molar-refractivity contribution is 7.90. The lowest BCUT2D eigenvalue weighted by atomic mass is 10.2. The Kier molecular flexibility index (Phi) is 3.82. The fraction of sp³-hybridized carbons (Fsp3) is 0.300. The van der Waals surface area contributed by atoms with Gasteiger partial charge in [-0.05, 0) is 12.1 Å². The molecule has 0 aromatic heterocycles. The Balaban J connectivity index is 3.43. The fourth-order valence-electron chi connectivity index (χ4n) is 1.35. The number of ether oxygens (including phenoxy) is 1. The molecule has 0 aliphatic rings. The second-order valence-electron chi connectivity index (χ2n) is 3.12. The number of rotatable bonds is 4. The van der Waals surface area contributed by atoms with Crippen molar-refractivity contribution in [1.29, 1.82) is 0 Å². The van der Waals surface area contributed by atoms with Gasteiger partial charge in [-0.25, -0.2) is 18.2 Å². The van der Waals surface area contributed by atoms with Crippen LogP contribution in [0, 0.1) is 0 Å². The predicted octanol–water partition coefficient (Wildman–Crippen LogP) is 0.934. The maximum absolute atomic E-state index is 11.5. The highest BCUT2D eigenvalue weighted by atomic mass is 32.2. The van der Waals surface area contributed by atoms with Gasteiger partial charge in [-0.15, -0.1) is 0 Å². The van der Waals surface area contributed by atoms with Gasteiger partial charge in [0.2, 0.25) is 6.08 Å². The molecular weight excluding hydrogens is 230 g/mol. The van der Waals surface area contributed by atoms with Gasteiger partial charge in [-0.1, -0.05) is 6.07 Å². The van der Waals surface area contributed by atoms with E-state index in [0.29, 0.717) is 11.3 Å². The zero-order valence-electron chi connectivity index (χ0n) is 8.93. The maximum atomic E-state index is 11.5. The third-order valence-electron chi connectivity index (χ3n) is 2.01. The van der Waals surface area contributed by atoms with Crippen molar-refractivity contribution in [2.75, 3.05) is 13.4 Å². The second-order valence-corrected chi connectivity index (χ2v) is 5.10. The molecule has 0 spiro atoms. The molecule has 0 radical (unpaired) electrons. The molecule has 0 fully saturated rings. The Hall–Kier alpha value is -1.65. The molecule has 0 aliphatic carbocycles. The average molecular weight is 241 g/mol. The number of aliphatic imine (C=N–C) groups is 1. The van der Waals surface area contributed by atoms with Gasteiger partial charge in [0.1, 0.15) is 5.75 Å². The molecule has 0 unspecified atom stereocenters. The first-order valence-electron chi connectivity index (χ1n) is 4.40. The molecule has 1 aromatic carbocycles. The first kappa shape index (κ1) is 12.4. The summed E-state index contributed by atoms with van der Waals surface area (Å²) in [4.78, 5) is 13.5. The second kappa shape index (κ2) is 4.92. The minimum Gasteiger partial charge on any atom is -0.496 e. The summed E-state index contributed by atoms with van der Waals surface area (Å²) in [6, 6.07) is 4.64. The van der Waals surface area contributed by atoms with Crippen LogP contribution in [0.4, 0.5) is 0 Å². The lowest BCUT2D eigenvalue weighted by Gasteiger charge is -2.09. The molecule has 0 saturated heterocycles. The lowest BCUT2D eigenvalue weighted by molar-refractivity contribution is 0.408. The number of benzene rings is 1. The molecule has 0 bridgehead atoms. The Morgan fingerprint density at radius 2 is 2.12 bits per heavy atom. The molecule has 0 saturated carbocycles. The van der Waals surface area contributed by atoms with Gasteiger partial charge in [-0.3, -0.25) is 0 Å². The Morgan fingerprint density at radius 3 is 2.62 bits per heavy atom. The van der Waals surface area contributed by atoms with Gasteiger partial charge in [0, 0.05) is 11.8 Å². The van der Waals surface area contributed by atoms with Gasteiger partial charge >= 0.3 is 0 Å². The standard InChI is InChI=1S/C10H11NO4S/c1-15-9-4-3-5-10(16(2,13)14)8(9)6-11-7-12/h3-5H,6H2,1-2H3. The van der Waals surface area contributed by atoms with Crippen LogP contribution >= 0.6 is 0 Å². The number of isocyanates is 1. The van der Waals surface area contributed by atoms with Crippen LogP contribution < -0.4 is 4.74 Å². The van der Waals surface area contributed by atoms with Crippen molar-refractivity contribution in [3.8, 4) is 5.75 Å². The summed E-state index contributed by atoms with van der Waals surface area (Å²) < 4.78 is 28.0. The number of carbonyl (C=O) groups excluding carboxylic acids is 1. The molecule has 0 aliphatic heterocycles. The van der Waals surface area contributed by atoms with E-state index in [2.05, 4.69) is 4.99 Å². The minimum atomic E-state index is -3.37. The van der Waals surface area contributed by atoms with Crippen molar-refractivity contribution in [3.05, 3.63) is 23.8 Å². The fourth-order valence-corrected chi connectivity index (χ4v) is 2.29. The quantitative estimate of drug-likeness (QED) is 0.580. The summed E-state index contributed by atoms with van der Waals surface area (Å²) in [5.41, 5.74) is 0.371. The summed E-state index contributed by atoms with van der Waals surface area (Å²) in [7, 11) is -1.94. The molecular formula is C10H11NO4S. The number of hydrogen-bond acceptors (Lipinski definition) is 5. The highest BCUT2D eigenvalue weighted by Gasteiger charge is 2.16. The summed E-state index contributed by atoms with van der Waals surface area (Å²) >= 11 is 0. The van der Waals surface area contributed by atoms with E-state index in [4.69, 9.17) is 4.74 Å². The Morgan fingerprint density at radius 1 is 1.44 bits per heavy atom. The van der Waals surface area contributed by atoms with Crippen molar-refractivity contribution >= 4 is 15.9 Å². The van der Waals surface area contributed by atoms with Crippen LogP contribution in [-0.2, 0) is 21.2 Å². The Labute approximate surface area is 93.7 Å². The van der Waals surface area contributed by atoms with Crippen molar-refractivity contribution < 1.29 is 17.9 Å². The molecule has 86 valence electrons. The van der Waals surface area contributed by atoms with Gasteiger partial charge in [0.05, 0.1) is 18.6 Å². The van der Waals surface area contributed by atoms with Crippen LogP contribution in [0.15, 0.2) is 28.1 Å². The molecule has 0 N–H and O–H groups in total. The van der Waals surface area contributed by atoms with Crippen molar-refractivity contribution in [2.24, 2.45) is 4.99 Å². The number of sulfone groups is 1. The average Bonchev–Trinajstić information content (AvgIpc) is 2.24. The van der Waals surface area contributed by atoms with Gasteiger partial charge in [-0.2, -0.15) is 0 Å². The molecule has 0 heterocycles. The largest absolute Gasteiger partial charge is 0.496 e. The molecule has 1 aromatic rings. The zero-order chi connectivity index (χ0) is 12.2. The minimum absolute atomic E-state index is 0.0596. The predicted molar refractivity (Wildman–Crippen MR) is 57.9 cm³/mol. The summed E-state index contributed by atoms with van der Waals surface area (Å²) in [5.74, 6) is 0.391. The van der Waals surface area contributed by atoms with Crippen molar-refractivity contribution in [3.63, 3.8) is 0 Å². The van der Waals surface area contributed by atoms with E-state index in [1.807, 2.05) is 0 Å². The SMILES string of the molecule is COc1cccc(S(C)(=O)=O)c1CN=C=O. The number of hydrogen-bond donors (Lipinski definition) is 0. The van der Waals surface area contributed by atoms with Crippen LogP contribution in [0.1, 0.15) is 5.56 Å². The topological polar surface area (TPSA) is 72.8 Å². The van der Waals surface area contributed by atoms with Crippen LogP contribution in [0.2, 0.25) is 0 Å². The lowest BCUT2D eigenvalue weighted by Crippen LogP contribution is -2.04. The normalized spacial score (nSPS) is 10.6. The molecule has 16 heavy (non-hydrogen) atoms. The molecule has 1 rings (SSSR count). The Bertz CT molecular complexity index is 530. The van der Waals surface area contributed by atoms with Crippen molar-refractivity contribution in [1.82, 2.24) is 0 Å². The van der Waals surface area contributed by atoms with Crippen LogP contribution in [-0.4, -0.2) is 27.9 Å². The van der Waals surface area contributed by atoms with E-state index in [1.54, 1.807) is 12.1 Å². The van der Waals surface area contributed by atoms with E-state index in [-0.39, 0.29) is 11.4 Å². The van der Waals surface area contributed by atoms with Crippen LogP contribution in [0.3, 0.4) is 0 Å². The monoisotopic (exact) mass is 241 g/mol. The third kappa shape index (κ3) is 2.68. The van der Waals surface area contributed by atoms with E-state index >= 15 is 0 Å². The van der Waals surface area contributed by atoms with E-state index in [9.17, 15) is 13.2 Å². The maximum Gasteiger partial charge on any atom is 0.235 e. The summed E-state index contributed by atoms with van der Waals surface area (Å²) in [6.45, 7) is -0.0596. The van der Waals surface area contributed by atoms with Crippen LogP contribution in [0.25, 0.3) is 0 Å². The first-order valence-corrected chi connectivity index (χ1v) is 6.29. The third-order valence-corrected chi connectivity index (χ3v) is 3.19. The van der Waals surface area contributed by atoms with Gasteiger partial charge < -0.3 is 4.74 Å². The molecule has 5 nitrogen and oxygen atoms in total. The summed E-state index contributed by atoms with van der Waals surface area (Å²) in [5, 5.41) is 0. The van der Waals surface area contributed by atoms with Gasteiger partial charge in [0.25, 0.3) is 0 Å². The molecule has 6 heteroatoms. The first-order chi connectivity index (χ1) is 7.50. The van der Waals surface area contributed by atoms with E-state index in [0.717, 1.165) is 6.26 Å². The van der Waals surface area contributed by atoms with Gasteiger partial charge in [0.15, 0.2) is 9.84 Å². The smallest absolute Gasteiger partial charge is 0.235 e. The highest BCUT2D eigenvalue weighted by Crippen LogP contribution is 2.26. The van der Waals surface area contributed by atoms with Crippen molar-refractivity contribution in [2.45, 2.75) is 11.4 Å². The van der Waals surface area contributed by atoms with E-state index < -0.39 is 9.84 Å². The van der Waals surface area contributed by atoms with Crippen LogP contribution in [0.5, 0.6) is 5.75 Å². The zero-order valence-corrected chi connectivity index (χ0v) is 9.74. The number of nitrogens with zero attached hydrogens (tertiary/aromatic N) is 1. The van der Waals surface area contributed by atoms with E-state index in [1.165, 1.54) is 19.3 Å². The molecule has 0 amide bonds. The molecule has 0 atom stereocenters. The number of methoxy groups -OCH3 is 1. The summed E-state index contributed by atoms with van der Waals surface area (Å²) in [6.07, 6.45) is 2.46.